The van der Waals surface area contributed by atoms with Crippen molar-refractivity contribution in [1.29, 1.82) is 5.26 Å². The Bertz CT molecular complexity index is 2790. The van der Waals surface area contributed by atoms with Crippen molar-refractivity contribution in [3.63, 3.8) is 0 Å². The number of hydrogen-bond acceptors (Lipinski definition) is 2. The lowest BCUT2D eigenvalue weighted by Crippen LogP contribution is -1.94. The molecule has 50 heavy (non-hydrogen) atoms. The number of benzene rings is 8. The van der Waals surface area contributed by atoms with Crippen molar-refractivity contribution in [2.24, 2.45) is 0 Å². The van der Waals surface area contributed by atoms with Crippen molar-refractivity contribution >= 4 is 76.2 Å². The van der Waals surface area contributed by atoms with E-state index in [1.165, 1.54) is 58.8 Å². The third-order valence-corrected chi connectivity index (χ3v) is 11.2. The van der Waals surface area contributed by atoms with Crippen LogP contribution in [0.5, 0.6) is 0 Å². The van der Waals surface area contributed by atoms with E-state index in [1.807, 2.05) is 23.5 Å². The van der Waals surface area contributed by atoms with Gasteiger partial charge in [-0.2, -0.15) is 5.26 Å². The maximum absolute atomic E-state index is 10.2. The molecule has 1 aromatic heterocycles. The van der Waals surface area contributed by atoms with Gasteiger partial charge in [-0.3, -0.25) is 0 Å². The number of thiophene rings is 1. The first kappa shape index (κ1) is 29.8. The minimum absolute atomic E-state index is 0.726. The number of hydrogen-bond donors (Lipinski definition) is 0. The summed E-state index contributed by atoms with van der Waals surface area (Å²) >= 11 is 1.81. The van der Waals surface area contributed by atoms with Gasteiger partial charge in [0.1, 0.15) is 6.07 Å². The van der Waals surface area contributed by atoms with Crippen LogP contribution < -0.4 is 0 Å². The van der Waals surface area contributed by atoms with Crippen molar-refractivity contribution in [2.45, 2.75) is 6.92 Å². The van der Waals surface area contributed by atoms with Gasteiger partial charge in [0.05, 0.1) is 5.56 Å². The third-order valence-electron chi connectivity index (χ3n) is 9.96. The summed E-state index contributed by atoms with van der Waals surface area (Å²) in [5.41, 5.74) is 8.89. The number of nitriles is 1. The van der Waals surface area contributed by atoms with Gasteiger partial charge >= 0.3 is 0 Å². The fourth-order valence-electron chi connectivity index (χ4n) is 7.87. The molecule has 0 saturated carbocycles. The Labute approximate surface area is 295 Å². The van der Waals surface area contributed by atoms with Crippen molar-refractivity contribution in [3.05, 3.63) is 180 Å². The summed E-state index contributed by atoms with van der Waals surface area (Å²) in [6.45, 7) is 6.95. The minimum atomic E-state index is 0.726. The summed E-state index contributed by atoms with van der Waals surface area (Å²) in [6, 6.07) is 54.2. The van der Waals surface area contributed by atoms with Gasteiger partial charge in [0.15, 0.2) is 0 Å². The van der Waals surface area contributed by atoms with Crippen LogP contribution in [0.4, 0.5) is 0 Å². The van der Waals surface area contributed by atoms with E-state index in [9.17, 15) is 5.26 Å². The fourth-order valence-corrected chi connectivity index (χ4v) is 9.08. The molecule has 0 aliphatic heterocycles. The summed E-state index contributed by atoms with van der Waals surface area (Å²) in [5.74, 6) is 0. The van der Waals surface area contributed by atoms with Gasteiger partial charge in [-0.05, 0) is 78.7 Å². The summed E-state index contributed by atoms with van der Waals surface area (Å²) < 4.78 is 1.21. The normalized spacial score (nSPS) is 11.7. The van der Waals surface area contributed by atoms with Crippen LogP contribution in [0.25, 0.3) is 87.1 Å². The van der Waals surface area contributed by atoms with Crippen LogP contribution >= 0.6 is 11.3 Å². The highest BCUT2D eigenvalue weighted by Gasteiger charge is 2.22. The second-order valence-corrected chi connectivity index (χ2v) is 13.7. The standard InChI is InChI=1S/C48H31NS/c1-3-15-42-35-27-26-32(47-36-20-9-7-18-33(36)43(29-49)34-19-8-10-21-37(34)47)28-44(35)50-48(42)30(2)45-38-22-11-13-24-40(38)46(31-16-5-4-6-17-31)41-25-14-12-23-39(41)45/h3-28H,2H2,1H3/b15-3-. The molecule has 234 valence electrons. The van der Waals surface area contributed by atoms with Gasteiger partial charge in [-0.1, -0.05) is 158 Å². The van der Waals surface area contributed by atoms with Gasteiger partial charge in [-0.15, -0.1) is 11.3 Å². The molecule has 0 unspecified atom stereocenters. The van der Waals surface area contributed by atoms with Gasteiger partial charge in [-0.25, -0.2) is 0 Å². The molecule has 1 nitrogen and oxygen atoms in total. The first-order valence-corrected chi connectivity index (χ1v) is 17.7. The van der Waals surface area contributed by atoms with E-state index < -0.39 is 0 Å². The predicted octanol–water partition coefficient (Wildman–Crippen LogP) is 13.8. The molecule has 9 aromatic rings. The predicted molar refractivity (Wildman–Crippen MR) is 217 cm³/mol. The number of fused-ring (bicyclic) bond motifs is 5. The van der Waals surface area contributed by atoms with Crippen LogP contribution in [0.3, 0.4) is 0 Å². The molecule has 0 radical (unpaired) electrons. The maximum Gasteiger partial charge on any atom is 0.100 e. The molecule has 0 saturated heterocycles. The van der Waals surface area contributed by atoms with Crippen LogP contribution in [0, 0.1) is 11.3 Å². The molecule has 0 spiro atoms. The van der Waals surface area contributed by atoms with Gasteiger partial charge in [0.2, 0.25) is 0 Å². The smallest absolute Gasteiger partial charge is 0.100 e. The van der Waals surface area contributed by atoms with E-state index in [0.717, 1.165) is 43.8 Å². The minimum Gasteiger partial charge on any atom is -0.192 e. The average molecular weight is 654 g/mol. The van der Waals surface area contributed by atoms with Crippen molar-refractivity contribution in [1.82, 2.24) is 0 Å². The van der Waals surface area contributed by atoms with E-state index in [1.54, 1.807) is 0 Å². The zero-order valence-corrected chi connectivity index (χ0v) is 28.4. The fraction of sp³-hybridized carbons (Fsp3) is 0.0208. The number of nitrogens with zero attached hydrogens (tertiary/aromatic N) is 1. The van der Waals surface area contributed by atoms with Crippen LogP contribution in [-0.2, 0) is 0 Å². The highest BCUT2D eigenvalue weighted by atomic mass is 32.1. The Hall–Kier alpha value is -6.27. The molecule has 2 heteroatoms. The van der Waals surface area contributed by atoms with Gasteiger partial charge in [0, 0.05) is 31.3 Å². The zero-order valence-electron chi connectivity index (χ0n) is 27.6. The molecule has 0 aliphatic rings. The first-order chi connectivity index (χ1) is 24.7. The molecule has 0 fully saturated rings. The average Bonchev–Trinajstić information content (AvgIpc) is 3.53. The Kier molecular flexibility index (Phi) is 7.16. The molecule has 0 amide bonds. The highest BCUT2D eigenvalue weighted by molar-refractivity contribution is 7.20. The molecule has 0 N–H and O–H groups in total. The van der Waals surface area contributed by atoms with E-state index in [2.05, 4.69) is 159 Å². The zero-order chi connectivity index (χ0) is 33.8. The topological polar surface area (TPSA) is 23.8 Å². The Morgan fingerprint density at radius 1 is 0.560 bits per heavy atom. The quantitative estimate of drug-likeness (QED) is 0.170. The molecular weight excluding hydrogens is 623 g/mol. The summed E-state index contributed by atoms with van der Waals surface area (Å²) in [5, 5.41) is 20.4. The molecule has 9 rings (SSSR count). The Morgan fingerprint density at radius 2 is 1.04 bits per heavy atom. The van der Waals surface area contributed by atoms with Gasteiger partial charge < -0.3 is 0 Å². The van der Waals surface area contributed by atoms with Crippen molar-refractivity contribution < 1.29 is 0 Å². The van der Waals surface area contributed by atoms with E-state index >= 15 is 0 Å². The number of allylic oxidation sites excluding steroid dienone is 1. The monoisotopic (exact) mass is 653 g/mol. The molecular formula is C48H31NS. The second-order valence-electron chi connectivity index (χ2n) is 12.7. The molecule has 0 bridgehead atoms. The largest absolute Gasteiger partial charge is 0.192 e. The van der Waals surface area contributed by atoms with Crippen molar-refractivity contribution in [3.8, 4) is 28.3 Å². The van der Waals surface area contributed by atoms with E-state index in [4.69, 9.17) is 6.58 Å². The lowest BCUT2D eigenvalue weighted by molar-refractivity contribution is 1.51. The van der Waals surface area contributed by atoms with Crippen LogP contribution in [-0.4, -0.2) is 0 Å². The number of rotatable bonds is 5. The lowest BCUT2D eigenvalue weighted by Gasteiger charge is -2.18. The van der Waals surface area contributed by atoms with Gasteiger partial charge in [0.25, 0.3) is 0 Å². The SMILES string of the molecule is C=C(c1sc2cc(-c3c4ccccc4c(C#N)c4ccccc34)ccc2c1/C=C\C)c1c2ccccc2c(-c2ccccc2)c2ccccc12. The van der Waals surface area contributed by atoms with E-state index in [0.29, 0.717) is 0 Å². The third kappa shape index (κ3) is 4.52. The van der Waals surface area contributed by atoms with E-state index in [-0.39, 0.29) is 0 Å². The molecule has 8 aromatic carbocycles. The maximum atomic E-state index is 10.2. The van der Waals surface area contributed by atoms with Crippen molar-refractivity contribution in [2.75, 3.05) is 0 Å². The Balaban J connectivity index is 1.30. The summed E-state index contributed by atoms with van der Waals surface area (Å²) in [7, 11) is 0. The molecule has 1 heterocycles. The second kappa shape index (κ2) is 12.0. The summed E-state index contributed by atoms with van der Waals surface area (Å²) in [6.07, 6.45) is 4.36. The summed E-state index contributed by atoms with van der Waals surface area (Å²) in [4.78, 5) is 1.17. The van der Waals surface area contributed by atoms with Crippen LogP contribution in [0.15, 0.2) is 158 Å². The molecule has 0 atom stereocenters. The lowest BCUT2D eigenvalue weighted by atomic mass is 9.85. The Morgan fingerprint density at radius 3 is 1.58 bits per heavy atom. The van der Waals surface area contributed by atoms with Crippen LogP contribution in [0.2, 0.25) is 0 Å². The van der Waals surface area contributed by atoms with Crippen LogP contribution in [0.1, 0.15) is 28.5 Å². The highest BCUT2D eigenvalue weighted by Crippen LogP contribution is 2.47. The molecule has 0 aliphatic carbocycles. The first-order valence-electron chi connectivity index (χ1n) is 16.9.